The molecule has 0 bridgehead atoms. The number of phenols is 1. The molecular formula is C31H47N3O. The van der Waals surface area contributed by atoms with E-state index in [0.717, 1.165) is 35.0 Å². The van der Waals surface area contributed by atoms with Crippen molar-refractivity contribution in [2.45, 2.75) is 123 Å². The fraction of sp³-hybridized carbons (Fsp3) is 0.613. The van der Waals surface area contributed by atoms with Gasteiger partial charge in [0.2, 0.25) is 0 Å². The van der Waals surface area contributed by atoms with E-state index >= 15 is 0 Å². The Hall–Kier alpha value is -2.36. The van der Waals surface area contributed by atoms with Crippen LogP contribution in [-0.2, 0) is 6.42 Å². The SMILES string of the molecule is CCCCCCCCCCCCCCCCCCc1cc(C)cc(-n2nc3ccccc3n2)c1O. The number of rotatable bonds is 18. The summed E-state index contributed by atoms with van der Waals surface area (Å²) in [5.74, 6) is 0.317. The molecule has 35 heavy (non-hydrogen) atoms. The summed E-state index contributed by atoms with van der Waals surface area (Å²) in [5, 5.41) is 20.0. The van der Waals surface area contributed by atoms with E-state index in [4.69, 9.17) is 0 Å². The Morgan fingerprint density at radius 2 is 1.11 bits per heavy atom. The fourth-order valence-electron chi connectivity index (χ4n) is 5.01. The molecule has 0 atom stereocenters. The first kappa shape index (κ1) is 27.2. The van der Waals surface area contributed by atoms with E-state index in [1.54, 1.807) is 4.80 Å². The molecule has 0 spiro atoms. The normalized spacial score (nSPS) is 11.5. The summed E-state index contributed by atoms with van der Waals surface area (Å²) in [6, 6.07) is 11.9. The lowest BCUT2D eigenvalue weighted by Gasteiger charge is -2.11. The quantitative estimate of drug-likeness (QED) is 0.186. The Kier molecular flexibility index (Phi) is 12.1. The van der Waals surface area contributed by atoms with Crippen molar-refractivity contribution in [1.29, 1.82) is 0 Å². The smallest absolute Gasteiger partial charge is 0.146 e. The zero-order valence-electron chi connectivity index (χ0n) is 22.3. The molecule has 0 amide bonds. The zero-order valence-corrected chi connectivity index (χ0v) is 22.3. The molecule has 0 radical (unpaired) electrons. The average molecular weight is 478 g/mol. The molecule has 1 N–H and O–H groups in total. The third kappa shape index (κ3) is 9.31. The molecule has 0 aliphatic rings. The lowest BCUT2D eigenvalue weighted by atomic mass is 10.0. The number of benzene rings is 2. The van der Waals surface area contributed by atoms with Crippen molar-refractivity contribution < 1.29 is 5.11 Å². The van der Waals surface area contributed by atoms with Crippen LogP contribution in [0.5, 0.6) is 5.75 Å². The van der Waals surface area contributed by atoms with E-state index in [0.29, 0.717) is 11.4 Å². The highest BCUT2D eigenvalue weighted by molar-refractivity contribution is 5.73. The highest BCUT2D eigenvalue weighted by Gasteiger charge is 2.13. The molecule has 3 rings (SSSR count). The van der Waals surface area contributed by atoms with Crippen LogP contribution < -0.4 is 0 Å². The van der Waals surface area contributed by atoms with Crippen LogP contribution in [0, 0.1) is 6.92 Å². The maximum atomic E-state index is 10.9. The molecule has 1 heterocycles. The van der Waals surface area contributed by atoms with Gasteiger partial charge in [-0.2, -0.15) is 0 Å². The van der Waals surface area contributed by atoms with E-state index in [-0.39, 0.29) is 0 Å². The van der Waals surface area contributed by atoms with Gasteiger partial charge in [-0.1, -0.05) is 121 Å². The van der Waals surface area contributed by atoms with Gasteiger partial charge in [0.15, 0.2) is 0 Å². The van der Waals surface area contributed by atoms with Crippen LogP contribution in [0.15, 0.2) is 36.4 Å². The molecule has 0 saturated carbocycles. The van der Waals surface area contributed by atoms with Crippen molar-refractivity contribution in [3.63, 3.8) is 0 Å². The fourth-order valence-corrected chi connectivity index (χ4v) is 5.01. The van der Waals surface area contributed by atoms with Gasteiger partial charge < -0.3 is 5.11 Å². The first-order valence-corrected chi connectivity index (χ1v) is 14.3. The van der Waals surface area contributed by atoms with Gasteiger partial charge in [-0.3, -0.25) is 0 Å². The maximum Gasteiger partial charge on any atom is 0.146 e. The van der Waals surface area contributed by atoms with Gasteiger partial charge in [-0.25, -0.2) is 0 Å². The van der Waals surface area contributed by atoms with Gasteiger partial charge in [0, 0.05) is 0 Å². The van der Waals surface area contributed by atoms with E-state index in [1.165, 1.54) is 96.3 Å². The first-order valence-electron chi connectivity index (χ1n) is 14.3. The zero-order chi connectivity index (χ0) is 24.7. The van der Waals surface area contributed by atoms with Gasteiger partial charge in [-0.15, -0.1) is 15.0 Å². The second-order valence-electron chi connectivity index (χ2n) is 10.3. The summed E-state index contributed by atoms with van der Waals surface area (Å²) >= 11 is 0. The van der Waals surface area contributed by atoms with Crippen molar-refractivity contribution >= 4 is 11.0 Å². The van der Waals surface area contributed by atoms with E-state index in [9.17, 15) is 5.11 Å². The summed E-state index contributed by atoms with van der Waals surface area (Å²) in [5.41, 5.74) is 4.49. The second kappa shape index (κ2) is 15.6. The third-order valence-corrected chi connectivity index (χ3v) is 7.11. The van der Waals surface area contributed by atoms with E-state index < -0.39 is 0 Å². The van der Waals surface area contributed by atoms with Crippen molar-refractivity contribution in [3.05, 3.63) is 47.5 Å². The van der Waals surface area contributed by atoms with Crippen molar-refractivity contribution in [2.75, 3.05) is 0 Å². The van der Waals surface area contributed by atoms with Crippen LogP contribution in [0.2, 0.25) is 0 Å². The summed E-state index contributed by atoms with van der Waals surface area (Å²) in [6.07, 6.45) is 22.9. The topological polar surface area (TPSA) is 50.9 Å². The Bertz CT molecular complexity index is 961. The largest absolute Gasteiger partial charge is 0.505 e. The molecule has 0 saturated heterocycles. The molecule has 2 aromatic carbocycles. The number of unbranched alkanes of at least 4 members (excludes halogenated alkanes) is 15. The predicted molar refractivity (Wildman–Crippen MR) is 149 cm³/mol. The molecule has 0 fully saturated rings. The van der Waals surface area contributed by atoms with Crippen molar-refractivity contribution in [3.8, 4) is 11.4 Å². The molecule has 3 aromatic rings. The van der Waals surface area contributed by atoms with Gasteiger partial charge in [-0.05, 0) is 49.1 Å². The second-order valence-corrected chi connectivity index (χ2v) is 10.3. The first-order chi connectivity index (χ1) is 17.2. The summed E-state index contributed by atoms with van der Waals surface area (Å²) in [4.78, 5) is 1.57. The molecule has 0 aliphatic carbocycles. The minimum atomic E-state index is 0.317. The number of hydrogen-bond donors (Lipinski definition) is 1. The van der Waals surface area contributed by atoms with Gasteiger partial charge in [0.25, 0.3) is 0 Å². The summed E-state index contributed by atoms with van der Waals surface area (Å²) in [7, 11) is 0. The number of aromatic nitrogens is 3. The Morgan fingerprint density at radius 1 is 0.657 bits per heavy atom. The third-order valence-electron chi connectivity index (χ3n) is 7.11. The number of aromatic hydroxyl groups is 1. The lowest BCUT2D eigenvalue weighted by molar-refractivity contribution is 0.458. The molecule has 0 unspecified atom stereocenters. The molecule has 192 valence electrons. The molecule has 1 aromatic heterocycles. The molecule has 4 heteroatoms. The average Bonchev–Trinajstić information content (AvgIpc) is 3.29. The van der Waals surface area contributed by atoms with Crippen LogP contribution in [0.3, 0.4) is 0 Å². The number of aryl methyl sites for hydroxylation is 2. The van der Waals surface area contributed by atoms with Crippen LogP contribution in [0.1, 0.15) is 121 Å². The monoisotopic (exact) mass is 477 g/mol. The standard InChI is InChI=1S/C31H47N3O/c1-3-4-5-6-7-8-9-10-11-12-13-14-15-16-17-18-21-27-24-26(2)25-30(31(27)35)34-32-28-22-19-20-23-29(28)33-34/h19-20,22-25,35H,3-18,21H2,1-2H3. The maximum absolute atomic E-state index is 10.9. The number of phenolic OH excluding ortho intramolecular Hbond substituents is 1. The van der Waals surface area contributed by atoms with Gasteiger partial charge >= 0.3 is 0 Å². The number of fused-ring (bicyclic) bond motifs is 1. The lowest BCUT2D eigenvalue weighted by Crippen LogP contribution is -2.02. The molecular weight excluding hydrogens is 430 g/mol. The highest BCUT2D eigenvalue weighted by Crippen LogP contribution is 2.29. The Morgan fingerprint density at radius 3 is 1.60 bits per heavy atom. The number of nitrogens with zero attached hydrogens (tertiary/aromatic N) is 3. The van der Waals surface area contributed by atoms with Gasteiger partial charge in [0.1, 0.15) is 22.5 Å². The number of hydrogen-bond acceptors (Lipinski definition) is 3. The van der Waals surface area contributed by atoms with Crippen LogP contribution in [-0.4, -0.2) is 20.1 Å². The van der Waals surface area contributed by atoms with E-state index in [2.05, 4.69) is 30.1 Å². The van der Waals surface area contributed by atoms with Gasteiger partial charge in [0.05, 0.1) is 0 Å². The summed E-state index contributed by atoms with van der Waals surface area (Å²) in [6.45, 7) is 4.36. The molecule has 0 aliphatic heterocycles. The molecule has 4 nitrogen and oxygen atoms in total. The van der Waals surface area contributed by atoms with Crippen LogP contribution >= 0.6 is 0 Å². The predicted octanol–water partition coefficient (Wildman–Crippen LogP) is 9.24. The summed E-state index contributed by atoms with van der Waals surface area (Å²) < 4.78 is 0. The van der Waals surface area contributed by atoms with Crippen LogP contribution in [0.4, 0.5) is 0 Å². The highest BCUT2D eigenvalue weighted by atomic mass is 16.3. The van der Waals surface area contributed by atoms with Crippen molar-refractivity contribution in [1.82, 2.24) is 15.0 Å². The van der Waals surface area contributed by atoms with E-state index in [1.807, 2.05) is 30.3 Å². The van der Waals surface area contributed by atoms with Crippen LogP contribution in [0.25, 0.3) is 16.7 Å². The minimum Gasteiger partial charge on any atom is -0.505 e. The Labute approximate surface area is 213 Å². The minimum absolute atomic E-state index is 0.317. The Balaban J connectivity index is 1.27. The van der Waals surface area contributed by atoms with Crippen molar-refractivity contribution in [2.24, 2.45) is 0 Å².